The van der Waals surface area contributed by atoms with Crippen molar-refractivity contribution in [1.29, 1.82) is 0 Å². The van der Waals surface area contributed by atoms with E-state index in [1.165, 1.54) is 4.57 Å². The van der Waals surface area contributed by atoms with Crippen molar-refractivity contribution < 1.29 is 14.7 Å². The van der Waals surface area contributed by atoms with E-state index in [2.05, 4.69) is 0 Å². The van der Waals surface area contributed by atoms with Crippen LogP contribution in [0, 0.1) is 0 Å². The van der Waals surface area contributed by atoms with Crippen molar-refractivity contribution in [2.75, 3.05) is 6.54 Å². The van der Waals surface area contributed by atoms with Gasteiger partial charge in [0.25, 0.3) is 5.91 Å². The lowest BCUT2D eigenvalue weighted by Gasteiger charge is -2.33. The number of aliphatic carboxylic acids is 1. The largest absolute Gasteiger partial charge is 0.480 e. The van der Waals surface area contributed by atoms with Crippen molar-refractivity contribution in [2.24, 2.45) is 0 Å². The van der Waals surface area contributed by atoms with E-state index >= 15 is 0 Å². The fourth-order valence-electron chi connectivity index (χ4n) is 2.44. The molecule has 0 aromatic carbocycles. The fraction of sp³-hybridized carbons (Fsp3) is 0.538. The standard InChI is InChI=1S/C13H18N2O3/c1-10-5-2-3-8-15(10)13(18)11-6-4-7-14(11)9-12(16)17/h4,6-7,10H,2-3,5,8-9H2,1H3,(H,16,17). The van der Waals surface area contributed by atoms with Crippen molar-refractivity contribution in [3.8, 4) is 0 Å². The Morgan fingerprint density at radius 2 is 2.22 bits per heavy atom. The van der Waals surface area contributed by atoms with Crippen LogP contribution in [0.25, 0.3) is 0 Å². The number of likely N-dealkylation sites (tertiary alicyclic amines) is 1. The Morgan fingerprint density at radius 3 is 2.89 bits per heavy atom. The monoisotopic (exact) mass is 250 g/mol. The van der Waals surface area contributed by atoms with Crippen LogP contribution in [-0.2, 0) is 11.3 Å². The molecule has 1 amide bonds. The van der Waals surface area contributed by atoms with E-state index < -0.39 is 5.97 Å². The first-order chi connectivity index (χ1) is 8.59. The van der Waals surface area contributed by atoms with Gasteiger partial charge in [-0.2, -0.15) is 0 Å². The number of rotatable bonds is 3. The first-order valence-electron chi connectivity index (χ1n) is 6.27. The van der Waals surface area contributed by atoms with E-state index in [0.29, 0.717) is 5.69 Å². The summed E-state index contributed by atoms with van der Waals surface area (Å²) < 4.78 is 1.49. The molecule has 1 N–H and O–H groups in total. The van der Waals surface area contributed by atoms with Gasteiger partial charge in [0, 0.05) is 18.8 Å². The van der Waals surface area contributed by atoms with Crippen molar-refractivity contribution in [3.63, 3.8) is 0 Å². The third kappa shape index (κ3) is 2.55. The molecule has 98 valence electrons. The maximum Gasteiger partial charge on any atom is 0.323 e. The number of nitrogens with zero attached hydrogens (tertiary/aromatic N) is 2. The number of carbonyl (C=O) groups is 2. The highest BCUT2D eigenvalue weighted by atomic mass is 16.4. The predicted molar refractivity (Wildman–Crippen MR) is 66.4 cm³/mol. The van der Waals surface area contributed by atoms with Crippen molar-refractivity contribution in [2.45, 2.75) is 38.8 Å². The fourth-order valence-corrected chi connectivity index (χ4v) is 2.44. The molecule has 1 saturated heterocycles. The number of carbonyl (C=O) groups excluding carboxylic acids is 1. The lowest BCUT2D eigenvalue weighted by atomic mass is 10.0. The number of carboxylic acid groups (broad SMARTS) is 1. The van der Waals surface area contributed by atoms with Crippen molar-refractivity contribution >= 4 is 11.9 Å². The molecule has 0 saturated carbocycles. The van der Waals surface area contributed by atoms with E-state index in [1.54, 1.807) is 18.3 Å². The second kappa shape index (κ2) is 5.25. The van der Waals surface area contributed by atoms with Crippen LogP contribution in [0.1, 0.15) is 36.7 Å². The molecule has 5 nitrogen and oxygen atoms in total. The summed E-state index contributed by atoms with van der Waals surface area (Å²) in [7, 11) is 0. The summed E-state index contributed by atoms with van der Waals surface area (Å²) in [4.78, 5) is 25.0. The molecular formula is C13H18N2O3. The number of hydrogen-bond donors (Lipinski definition) is 1. The van der Waals surface area contributed by atoms with E-state index in [-0.39, 0.29) is 18.5 Å². The zero-order valence-electron chi connectivity index (χ0n) is 10.5. The molecule has 0 radical (unpaired) electrons. The van der Waals surface area contributed by atoms with Gasteiger partial charge in [-0.05, 0) is 38.3 Å². The second-order valence-corrected chi connectivity index (χ2v) is 4.76. The summed E-state index contributed by atoms with van der Waals surface area (Å²) in [5.41, 5.74) is 0.464. The maximum atomic E-state index is 12.4. The highest BCUT2D eigenvalue weighted by Gasteiger charge is 2.26. The highest BCUT2D eigenvalue weighted by molar-refractivity contribution is 5.93. The van der Waals surface area contributed by atoms with Crippen molar-refractivity contribution in [3.05, 3.63) is 24.0 Å². The average molecular weight is 250 g/mol. The molecule has 1 aromatic heterocycles. The summed E-state index contributed by atoms with van der Waals surface area (Å²) in [6.07, 6.45) is 4.83. The number of aromatic nitrogens is 1. The Balaban J connectivity index is 2.17. The summed E-state index contributed by atoms with van der Waals surface area (Å²) in [5, 5.41) is 8.81. The zero-order valence-corrected chi connectivity index (χ0v) is 10.5. The summed E-state index contributed by atoms with van der Waals surface area (Å²) in [6.45, 7) is 2.64. The molecule has 0 bridgehead atoms. The molecule has 1 aliphatic heterocycles. The quantitative estimate of drug-likeness (QED) is 0.886. The van der Waals surface area contributed by atoms with Crippen LogP contribution in [0.2, 0.25) is 0 Å². The van der Waals surface area contributed by atoms with Gasteiger partial charge in [0.1, 0.15) is 12.2 Å². The highest BCUT2D eigenvalue weighted by Crippen LogP contribution is 2.19. The van der Waals surface area contributed by atoms with E-state index in [9.17, 15) is 9.59 Å². The smallest absolute Gasteiger partial charge is 0.323 e. The van der Waals surface area contributed by atoms with Crippen molar-refractivity contribution in [1.82, 2.24) is 9.47 Å². The molecule has 1 fully saturated rings. The number of carboxylic acids is 1. The molecular weight excluding hydrogens is 232 g/mol. The van der Waals surface area contributed by atoms with Crippen LogP contribution in [0.5, 0.6) is 0 Å². The van der Waals surface area contributed by atoms with Crippen LogP contribution in [0.3, 0.4) is 0 Å². The van der Waals surface area contributed by atoms with Crippen LogP contribution in [0.4, 0.5) is 0 Å². The van der Waals surface area contributed by atoms with Gasteiger partial charge in [-0.1, -0.05) is 0 Å². The van der Waals surface area contributed by atoms with Crippen LogP contribution >= 0.6 is 0 Å². The van der Waals surface area contributed by atoms with Crippen LogP contribution < -0.4 is 0 Å². The normalized spacial score (nSPS) is 19.8. The Bertz CT molecular complexity index is 453. The lowest BCUT2D eigenvalue weighted by Crippen LogP contribution is -2.42. The third-order valence-corrected chi connectivity index (χ3v) is 3.42. The topological polar surface area (TPSA) is 62.5 Å². The van der Waals surface area contributed by atoms with Gasteiger partial charge < -0.3 is 14.6 Å². The first kappa shape index (κ1) is 12.7. The zero-order chi connectivity index (χ0) is 13.1. The van der Waals surface area contributed by atoms with E-state index in [0.717, 1.165) is 25.8 Å². The molecule has 18 heavy (non-hydrogen) atoms. The molecule has 2 heterocycles. The van der Waals surface area contributed by atoms with E-state index in [4.69, 9.17) is 5.11 Å². The van der Waals surface area contributed by atoms with Gasteiger partial charge in [-0.25, -0.2) is 0 Å². The predicted octanol–water partition coefficient (Wildman–Crippen LogP) is 1.59. The molecule has 1 aliphatic rings. The summed E-state index contributed by atoms with van der Waals surface area (Å²) >= 11 is 0. The maximum absolute atomic E-state index is 12.4. The van der Waals surface area contributed by atoms with Gasteiger partial charge in [0.2, 0.25) is 0 Å². The molecule has 1 unspecified atom stereocenters. The molecule has 0 spiro atoms. The van der Waals surface area contributed by atoms with Gasteiger partial charge in [-0.15, -0.1) is 0 Å². The molecule has 5 heteroatoms. The van der Waals surface area contributed by atoms with Gasteiger partial charge in [-0.3, -0.25) is 9.59 Å². The molecule has 1 aromatic rings. The Morgan fingerprint density at radius 1 is 1.44 bits per heavy atom. The van der Waals surface area contributed by atoms with E-state index in [1.807, 2.05) is 11.8 Å². The lowest BCUT2D eigenvalue weighted by molar-refractivity contribution is -0.137. The average Bonchev–Trinajstić information content (AvgIpc) is 2.76. The third-order valence-electron chi connectivity index (χ3n) is 3.42. The number of hydrogen-bond acceptors (Lipinski definition) is 2. The second-order valence-electron chi connectivity index (χ2n) is 4.76. The van der Waals surface area contributed by atoms with Gasteiger partial charge in [0.05, 0.1) is 0 Å². The van der Waals surface area contributed by atoms with Crippen LogP contribution in [0.15, 0.2) is 18.3 Å². The number of amides is 1. The minimum Gasteiger partial charge on any atom is -0.480 e. The number of piperidine rings is 1. The first-order valence-corrected chi connectivity index (χ1v) is 6.27. The minimum atomic E-state index is -0.938. The Kier molecular flexibility index (Phi) is 3.69. The summed E-state index contributed by atoms with van der Waals surface area (Å²) in [5.74, 6) is -1.000. The molecule has 2 rings (SSSR count). The van der Waals surface area contributed by atoms with Crippen LogP contribution in [-0.4, -0.2) is 39.0 Å². The molecule has 0 aliphatic carbocycles. The molecule has 1 atom stereocenters. The van der Waals surface area contributed by atoms with Gasteiger partial charge in [0.15, 0.2) is 0 Å². The Labute approximate surface area is 106 Å². The van der Waals surface area contributed by atoms with Gasteiger partial charge >= 0.3 is 5.97 Å². The summed E-state index contributed by atoms with van der Waals surface area (Å²) in [6, 6.07) is 3.64. The SMILES string of the molecule is CC1CCCCN1C(=O)c1cccn1CC(=O)O. The minimum absolute atomic E-state index is 0.0616. The Hall–Kier alpha value is -1.78.